The lowest BCUT2D eigenvalue weighted by molar-refractivity contribution is -0.151. The SMILES string of the molecule is [C-]#[N+]/C(C#N)=C1\Sc2c(OC(=O)C3CCC(C4CCC(C(=O)OCCCCOC(=O)C=C)CC4)CC3)cc(CCCC)c(OC(=O)C3CCC(C4CCC(C(=O)OCCCCOC(=O)C=C)CC4)CC3)c2S1. The average Bonchev–Trinajstić information content (AvgIpc) is 3.86. The second kappa shape index (κ2) is 29.0. The van der Waals surface area contributed by atoms with E-state index in [2.05, 4.69) is 24.9 Å². The molecule has 390 valence electrons. The zero-order valence-electron chi connectivity index (χ0n) is 42.0. The number of rotatable bonds is 23. The highest BCUT2D eigenvalue weighted by atomic mass is 32.2. The number of aryl methyl sites for hydroxylation is 1. The third-order valence-electron chi connectivity index (χ3n) is 15.4. The van der Waals surface area contributed by atoms with Crippen molar-refractivity contribution in [1.29, 1.82) is 5.26 Å². The molecule has 0 N–H and O–H groups in total. The number of nitriles is 1. The summed E-state index contributed by atoms with van der Waals surface area (Å²) in [4.78, 5) is 80.7. The maximum Gasteiger partial charge on any atom is 0.330 e. The molecule has 16 heteroatoms. The molecule has 14 nitrogen and oxygen atoms in total. The van der Waals surface area contributed by atoms with E-state index < -0.39 is 11.9 Å². The molecule has 0 radical (unpaired) electrons. The molecule has 1 heterocycles. The van der Waals surface area contributed by atoms with E-state index in [0.29, 0.717) is 120 Å². The molecular formula is C56H72N2O12S2. The maximum absolute atomic E-state index is 14.1. The number of esters is 6. The fourth-order valence-corrected chi connectivity index (χ4v) is 13.6. The minimum atomic E-state index is -0.460. The van der Waals surface area contributed by atoms with Crippen LogP contribution in [0.2, 0.25) is 0 Å². The molecule has 0 amide bonds. The number of nitrogens with zero attached hydrogens (tertiary/aromatic N) is 2. The van der Waals surface area contributed by atoms with Gasteiger partial charge in [0.2, 0.25) is 0 Å². The largest absolute Gasteiger partial charge is 0.465 e. The number of ether oxygens (including phenoxy) is 6. The van der Waals surface area contributed by atoms with Crippen molar-refractivity contribution in [2.24, 2.45) is 47.3 Å². The lowest BCUT2D eigenvalue weighted by atomic mass is 9.69. The lowest BCUT2D eigenvalue weighted by Crippen LogP contribution is -2.32. The van der Waals surface area contributed by atoms with Gasteiger partial charge in [0.1, 0.15) is 11.5 Å². The van der Waals surface area contributed by atoms with Gasteiger partial charge in [0, 0.05) is 12.2 Å². The van der Waals surface area contributed by atoms with Gasteiger partial charge in [0.15, 0.2) is 0 Å². The minimum Gasteiger partial charge on any atom is -0.465 e. The normalized spacial score (nSPS) is 25.5. The molecule has 1 aromatic rings. The highest BCUT2D eigenvalue weighted by molar-refractivity contribution is 8.24. The second-order valence-electron chi connectivity index (χ2n) is 20.0. The molecule has 0 bridgehead atoms. The number of hydrogen-bond acceptors (Lipinski definition) is 15. The summed E-state index contributed by atoms with van der Waals surface area (Å²) < 4.78 is 34.2. The van der Waals surface area contributed by atoms with E-state index in [1.54, 1.807) is 0 Å². The first-order chi connectivity index (χ1) is 35.0. The average molecular weight is 1030 g/mol. The number of hydrogen-bond donors (Lipinski definition) is 0. The van der Waals surface area contributed by atoms with Crippen molar-refractivity contribution in [3.63, 3.8) is 0 Å². The van der Waals surface area contributed by atoms with E-state index >= 15 is 0 Å². The lowest BCUT2D eigenvalue weighted by Gasteiger charge is -2.37. The molecule has 0 unspecified atom stereocenters. The van der Waals surface area contributed by atoms with Gasteiger partial charge in [0.25, 0.3) is 5.70 Å². The molecule has 4 saturated carbocycles. The summed E-state index contributed by atoms with van der Waals surface area (Å²) in [6.45, 7) is 17.7. The van der Waals surface area contributed by atoms with Crippen molar-refractivity contribution in [3.05, 3.63) is 58.3 Å². The summed E-state index contributed by atoms with van der Waals surface area (Å²) in [6.07, 6.45) is 20.4. The summed E-state index contributed by atoms with van der Waals surface area (Å²) >= 11 is 2.44. The number of benzene rings is 1. The van der Waals surface area contributed by atoms with Crippen molar-refractivity contribution < 1.29 is 57.2 Å². The van der Waals surface area contributed by atoms with Crippen LogP contribution in [0.4, 0.5) is 0 Å². The zero-order valence-corrected chi connectivity index (χ0v) is 43.6. The Morgan fingerprint density at radius 3 is 1.38 bits per heavy atom. The molecular weight excluding hydrogens is 957 g/mol. The van der Waals surface area contributed by atoms with Crippen molar-refractivity contribution in [2.75, 3.05) is 26.4 Å². The Hall–Kier alpha value is -5.06. The first kappa shape index (κ1) is 56.2. The molecule has 72 heavy (non-hydrogen) atoms. The van der Waals surface area contributed by atoms with Crippen LogP contribution >= 0.6 is 23.5 Å². The number of carbonyl (C=O) groups is 6. The van der Waals surface area contributed by atoms with Gasteiger partial charge in [-0.15, -0.1) is 0 Å². The molecule has 1 aromatic carbocycles. The number of fused-ring (bicyclic) bond motifs is 1. The summed E-state index contributed by atoms with van der Waals surface area (Å²) in [5.74, 6) is 0.134. The highest BCUT2D eigenvalue weighted by Gasteiger charge is 2.39. The molecule has 0 aromatic heterocycles. The Morgan fingerprint density at radius 2 is 0.986 bits per heavy atom. The number of thioether (sulfide) groups is 2. The van der Waals surface area contributed by atoms with Crippen molar-refractivity contribution >= 4 is 59.3 Å². The Balaban J connectivity index is 0.999. The molecule has 4 fully saturated rings. The van der Waals surface area contributed by atoms with Gasteiger partial charge in [-0.2, -0.15) is 0 Å². The molecule has 0 spiro atoms. The van der Waals surface area contributed by atoms with Gasteiger partial charge >= 0.3 is 35.8 Å². The van der Waals surface area contributed by atoms with Gasteiger partial charge in [-0.1, -0.05) is 50.0 Å². The predicted octanol–water partition coefficient (Wildman–Crippen LogP) is 12.0. The number of unbranched alkanes of at least 4 members (excludes halogenated alkanes) is 3. The van der Waals surface area contributed by atoms with Crippen LogP contribution < -0.4 is 9.47 Å². The Kier molecular flexibility index (Phi) is 22.6. The Labute approximate surface area is 433 Å². The highest BCUT2D eigenvalue weighted by Crippen LogP contribution is 2.60. The molecule has 6 rings (SSSR count). The molecule has 0 atom stereocenters. The van der Waals surface area contributed by atoms with Crippen molar-refractivity contribution in [2.45, 2.75) is 164 Å². The van der Waals surface area contributed by atoms with Crippen LogP contribution in [0.5, 0.6) is 11.5 Å². The molecule has 4 aliphatic carbocycles. The van der Waals surface area contributed by atoms with E-state index in [4.69, 9.17) is 35.0 Å². The van der Waals surface area contributed by atoms with Gasteiger partial charge < -0.3 is 28.4 Å². The van der Waals surface area contributed by atoms with Gasteiger partial charge in [0.05, 0.1) is 76.8 Å². The second-order valence-corrected chi connectivity index (χ2v) is 22.3. The third kappa shape index (κ3) is 16.0. The van der Waals surface area contributed by atoms with Crippen LogP contribution in [0, 0.1) is 65.2 Å². The van der Waals surface area contributed by atoms with Gasteiger partial charge in [-0.25, -0.2) is 19.7 Å². The van der Waals surface area contributed by atoms with Crippen LogP contribution in [0.1, 0.15) is 154 Å². The van der Waals surface area contributed by atoms with E-state index in [-0.39, 0.29) is 66.5 Å². The van der Waals surface area contributed by atoms with E-state index in [1.165, 1.54) is 23.5 Å². The quantitative estimate of drug-likeness (QED) is 0.0191. The molecule has 1 aliphatic heterocycles. The predicted molar refractivity (Wildman–Crippen MR) is 272 cm³/mol. The summed E-state index contributed by atoms with van der Waals surface area (Å²) in [5.41, 5.74) is 0.691. The Bertz CT molecular complexity index is 2200. The first-order valence-electron chi connectivity index (χ1n) is 26.4. The fourth-order valence-electron chi connectivity index (χ4n) is 11.1. The van der Waals surface area contributed by atoms with Gasteiger partial charge in [-0.3, -0.25) is 19.2 Å². The maximum atomic E-state index is 14.1. The monoisotopic (exact) mass is 1030 g/mol. The Morgan fingerprint density at radius 1 is 0.597 bits per heavy atom. The van der Waals surface area contributed by atoms with E-state index in [0.717, 1.165) is 108 Å². The minimum absolute atomic E-state index is 0.0687. The standard InChI is InChI=1S/C56H72N2O12S2/c1-5-8-13-44-34-46(69-54(63)42-26-18-38(19-27-42)36-14-22-40(23-15-36)52(61)67-32-11-9-30-65-47(59)6-2)50-51(72-56(71-50)45(35-57)58-4)49(44)70-55(64)43-28-20-39(21-29-43)37-16-24-41(25-17-37)53(62)68-33-12-10-31-66-48(60)7-3/h6-7,34,36-43H,2-3,5,8-33H2,1H3/b56-45+. The van der Waals surface area contributed by atoms with Crippen LogP contribution in [0.25, 0.3) is 4.85 Å². The topological polar surface area (TPSA) is 186 Å². The van der Waals surface area contributed by atoms with Crippen molar-refractivity contribution in [3.8, 4) is 17.6 Å². The van der Waals surface area contributed by atoms with Gasteiger partial charge in [-0.05, 0) is 177 Å². The van der Waals surface area contributed by atoms with Crippen LogP contribution in [0.15, 0.2) is 51.1 Å². The van der Waals surface area contributed by atoms with E-state index in [1.807, 2.05) is 12.1 Å². The van der Waals surface area contributed by atoms with Crippen LogP contribution in [-0.2, 0) is 54.1 Å². The van der Waals surface area contributed by atoms with Crippen LogP contribution in [0.3, 0.4) is 0 Å². The number of allylic oxidation sites excluding steroid dienone is 1. The smallest absolute Gasteiger partial charge is 0.330 e. The molecule has 0 saturated heterocycles. The fraction of sp³-hybridized carbons (Fsp3) is 0.643. The third-order valence-corrected chi connectivity index (χ3v) is 18.0. The van der Waals surface area contributed by atoms with Crippen molar-refractivity contribution in [1.82, 2.24) is 0 Å². The summed E-state index contributed by atoms with van der Waals surface area (Å²) in [6, 6.07) is 3.84. The van der Waals surface area contributed by atoms with Crippen LogP contribution in [-0.4, -0.2) is 62.2 Å². The molecule has 5 aliphatic rings. The zero-order chi connectivity index (χ0) is 51.4. The van der Waals surface area contributed by atoms with E-state index in [9.17, 15) is 34.0 Å². The summed E-state index contributed by atoms with van der Waals surface area (Å²) in [5, 5.41) is 9.87. The summed E-state index contributed by atoms with van der Waals surface area (Å²) in [7, 11) is 0. The number of carbonyl (C=O) groups excluding carboxylic acids is 6. The first-order valence-corrected chi connectivity index (χ1v) is 28.0.